The molecule has 1 saturated carbocycles. The van der Waals surface area contributed by atoms with Crippen LogP contribution >= 0.6 is 0 Å². The fourth-order valence-corrected chi connectivity index (χ4v) is 7.49. The van der Waals surface area contributed by atoms with Gasteiger partial charge in [-0.05, 0) is 93.8 Å². The van der Waals surface area contributed by atoms with E-state index in [2.05, 4.69) is 43.9 Å². The lowest BCUT2D eigenvalue weighted by Crippen LogP contribution is -2.50. The molecule has 3 N–H and O–H groups in total. The predicted octanol–water partition coefficient (Wildman–Crippen LogP) is 5.09. The van der Waals surface area contributed by atoms with Gasteiger partial charge in [0.15, 0.2) is 5.67 Å². The summed E-state index contributed by atoms with van der Waals surface area (Å²) in [6.07, 6.45) is 2.98. The van der Waals surface area contributed by atoms with E-state index < -0.39 is 17.6 Å². The van der Waals surface area contributed by atoms with E-state index in [1.807, 2.05) is 51.1 Å². The van der Waals surface area contributed by atoms with E-state index >= 15 is 0 Å². The molecule has 0 radical (unpaired) electrons. The molecule has 11 heteroatoms. The Balaban J connectivity index is 1.08. The maximum Gasteiger partial charge on any atom is 0.258 e. The highest BCUT2D eigenvalue weighted by molar-refractivity contribution is 6.00. The maximum atomic E-state index is 14.9. The Hall–Kier alpha value is -4.64. The number of carbonyl (C=O) groups excluding carboxylic acids is 2. The second-order valence-electron chi connectivity index (χ2n) is 13.5. The van der Waals surface area contributed by atoms with Crippen LogP contribution in [0.1, 0.15) is 59.8 Å². The summed E-state index contributed by atoms with van der Waals surface area (Å²) >= 11 is 0. The van der Waals surface area contributed by atoms with Gasteiger partial charge in [-0.2, -0.15) is 5.10 Å². The minimum atomic E-state index is -1.90. The number of H-pyrrole nitrogens is 1. The zero-order valence-corrected chi connectivity index (χ0v) is 26.8. The minimum absolute atomic E-state index is 0.174. The number of nitrogens with zero attached hydrogens (tertiary/aromatic N) is 4. The van der Waals surface area contributed by atoms with Crippen LogP contribution in [0.4, 0.5) is 16.0 Å². The van der Waals surface area contributed by atoms with Crippen LogP contribution in [0, 0.1) is 20.8 Å². The van der Waals surface area contributed by atoms with Gasteiger partial charge in [0.05, 0.1) is 30.1 Å². The molecule has 4 aliphatic rings. The van der Waals surface area contributed by atoms with Crippen molar-refractivity contribution >= 4 is 23.5 Å². The molecule has 10 nitrogen and oxygen atoms in total. The number of amides is 2. The van der Waals surface area contributed by atoms with Gasteiger partial charge in [-0.3, -0.25) is 14.7 Å². The topological polar surface area (TPSA) is 125 Å². The fourth-order valence-electron chi connectivity index (χ4n) is 7.49. The van der Waals surface area contributed by atoms with Crippen molar-refractivity contribution in [3.63, 3.8) is 0 Å². The molecule has 4 atom stereocenters. The van der Waals surface area contributed by atoms with Crippen molar-refractivity contribution in [2.24, 2.45) is 0 Å². The van der Waals surface area contributed by atoms with Gasteiger partial charge in [-0.15, -0.1) is 0 Å². The minimum Gasteiger partial charge on any atom is -0.374 e. The second kappa shape index (κ2) is 11.3. The van der Waals surface area contributed by atoms with Crippen molar-refractivity contribution in [3.05, 3.63) is 76.7 Å². The lowest BCUT2D eigenvalue weighted by Gasteiger charge is -2.27. The highest BCUT2D eigenvalue weighted by Crippen LogP contribution is 2.42. The van der Waals surface area contributed by atoms with Crippen molar-refractivity contribution in [2.45, 2.75) is 82.6 Å². The van der Waals surface area contributed by atoms with Gasteiger partial charge in [0.1, 0.15) is 6.04 Å². The third kappa shape index (κ3) is 5.46. The molecule has 47 heavy (non-hydrogen) atoms. The number of benzene rings is 2. The summed E-state index contributed by atoms with van der Waals surface area (Å²) in [7, 11) is 0. The summed E-state index contributed by atoms with van der Waals surface area (Å²) < 4.78 is 20.7. The molecule has 242 valence electrons. The first-order valence-corrected chi connectivity index (χ1v) is 16.4. The molecule has 2 bridgehead atoms. The number of aryl methyl sites for hydroxylation is 4. The second-order valence-corrected chi connectivity index (χ2v) is 13.5. The van der Waals surface area contributed by atoms with E-state index in [0.29, 0.717) is 30.7 Å². The van der Waals surface area contributed by atoms with E-state index in [0.717, 1.165) is 70.0 Å². The Labute approximate surface area is 272 Å². The number of carbonyl (C=O) groups is 2. The summed E-state index contributed by atoms with van der Waals surface area (Å²) in [6.45, 7) is 7.37. The van der Waals surface area contributed by atoms with Gasteiger partial charge in [0, 0.05) is 40.7 Å². The Kier molecular flexibility index (Phi) is 7.12. The van der Waals surface area contributed by atoms with Gasteiger partial charge in [0.25, 0.3) is 5.91 Å². The number of aromatic amines is 1. The van der Waals surface area contributed by atoms with Crippen LogP contribution in [-0.4, -0.2) is 69.0 Å². The first-order chi connectivity index (χ1) is 22.6. The number of morpholine rings is 1. The van der Waals surface area contributed by atoms with Crippen molar-refractivity contribution in [1.29, 1.82) is 0 Å². The quantitative estimate of drug-likeness (QED) is 0.246. The van der Waals surface area contributed by atoms with Gasteiger partial charge in [0.2, 0.25) is 11.9 Å². The van der Waals surface area contributed by atoms with Gasteiger partial charge < -0.3 is 20.3 Å². The predicted molar refractivity (Wildman–Crippen MR) is 176 cm³/mol. The van der Waals surface area contributed by atoms with E-state index in [1.165, 1.54) is 0 Å². The molecule has 2 aromatic carbocycles. The van der Waals surface area contributed by atoms with Crippen molar-refractivity contribution < 1.29 is 18.7 Å². The molecule has 2 aromatic heterocycles. The summed E-state index contributed by atoms with van der Waals surface area (Å²) in [5, 5.41) is 13.1. The first-order valence-electron chi connectivity index (χ1n) is 16.4. The SMILES string of the molecule is Cc1cc(-c2ccc3c(c2)[C@H]([C@H](NC(=O)C2(F)CC2)C(=O)Nc2ccc(-c4c(C)n[nH]c4C)cc2)CC3)nc(N2C[C@@H]3C[C@H]2CO3)n1. The lowest BCUT2D eigenvalue weighted by molar-refractivity contribution is -0.131. The summed E-state index contributed by atoms with van der Waals surface area (Å²) in [5.41, 5.74) is 7.23. The summed E-state index contributed by atoms with van der Waals surface area (Å²) in [4.78, 5) is 39.0. The molecule has 8 rings (SSSR count). The molecule has 4 heterocycles. The highest BCUT2D eigenvalue weighted by atomic mass is 19.1. The molecule has 2 aliphatic heterocycles. The molecular formula is C36H38FN7O3. The Morgan fingerprint density at radius 3 is 2.53 bits per heavy atom. The fraction of sp³-hybridized carbons (Fsp3) is 0.417. The molecule has 0 spiro atoms. The van der Waals surface area contributed by atoms with Crippen LogP contribution in [0.25, 0.3) is 22.4 Å². The summed E-state index contributed by atoms with van der Waals surface area (Å²) in [6, 6.07) is 15.1. The van der Waals surface area contributed by atoms with E-state index in [1.54, 1.807) is 0 Å². The Morgan fingerprint density at radius 2 is 1.85 bits per heavy atom. The third-order valence-corrected chi connectivity index (χ3v) is 10.2. The monoisotopic (exact) mass is 635 g/mol. The largest absolute Gasteiger partial charge is 0.374 e. The van der Waals surface area contributed by atoms with Gasteiger partial charge in [-0.1, -0.05) is 24.3 Å². The number of hydrogen-bond acceptors (Lipinski definition) is 7. The Bertz CT molecular complexity index is 1870. The smallest absolute Gasteiger partial charge is 0.258 e. The van der Waals surface area contributed by atoms with Crippen LogP contribution in [0.3, 0.4) is 0 Å². The van der Waals surface area contributed by atoms with E-state index in [-0.39, 0.29) is 30.8 Å². The van der Waals surface area contributed by atoms with Crippen molar-refractivity contribution in [2.75, 3.05) is 23.4 Å². The third-order valence-electron chi connectivity index (χ3n) is 10.2. The number of anilines is 2. The van der Waals surface area contributed by atoms with Crippen molar-refractivity contribution in [3.8, 4) is 22.4 Å². The average molecular weight is 636 g/mol. The zero-order chi connectivity index (χ0) is 32.4. The molecule has 0 unspecified atom stereocenters. The number of ether oxygens (including phenoxy) is 1. The molecular weight excluding hydrogens is 597 g/mol. The normalized spacial score (nSPS) is 22.6. The number of aromatic nitrogens is 4. The number of alkyl halides is 1. The van der Waals surface area contributed by atoms with Crippen LogP contribution in [0.15, 0.2) is 48.5 Å². The van der Waals surface area contributed by atoms with E-state index in [4.69, 9.17) is 14.7 Å². The molecule has 3 fully saturated rings. The van der Waals surface area contributed by atoms with Crippen LogP contribution in [0.2, 0.25) is 0 Å². The number of hydrogen-bond donors (Lipinski definition) is 3. The maximum absolute atomic E-state index is 14.9. The molecule has 2 aliphatic carbocycles. The van der Waals surface area contributed by atoms with E-state index in [9.17, 15) is 14.0 Å². The molecule has 2 amide bonds. The van der Waals surface area contributed by atoms with Gasteiger partial charge in [-0.25, -0.2) is 14.4 Å². The van der Waals surface area contributed by atoms with Crippen LogP contribution in [0.5, 0.6) is 0 Å². The Morgan fingerprint density at radius 1 is 1.06 bits per heavy atom. The molecule has 4 aromatic rings. The van der Waals surface area contributed by atoms with Crippen LogP contribution < -0.4 is 15.5 Å². The van der Waals surface area contributed by atoms with Gasteiger partial charge >= 0.3 is 0 Å². The number of rotatable bonds is 8. The average Bonchev–Trinajstić information content (AvgIpc) is 3.46. The first kappa shape index (κ1) is 29.7. The highest BCUT2D eigenvalue weighted by Gasteiger charge is 2.52. The number of fused-ring (bicyclic) bond motifs is 3. The number of halogens is 1. The zero-order valence-electron chi connectivity index (χ0n) is 26.8. The van der Waals surface area contributed by atoms with Crippen molar-refractivity contribution in [1.82, 2.24) is 25.5 Å². The summed E-state index contributed by atoms with van der Waals surface area (Å²) in [5.74, 6) is -0.719. The molecule has 2 saturated heterocycles. The van der Waals surface area contributed by atoms with Crippen LogP contribution in [-0.2, 0) is 20.7 Å². The number of nitrogens with one attached hydrogen (secondary N) is 3. The standard InChI is InChI=1S/C36H38FN7O3/c1-19-14-30(40-35(38-19)44-17-27-16-26(44)18-47-27)24-5-4-22-8-11-28(29(22)15-24)32(41-34(46)36(37)12-13-36)33(45)39-25-9-6-23(7-10-25)31-20(2)42-43-21(31)3/h4-7,9-10,14-15,26-28,32H,8,11-13,16-18H2,1-3H3,(H,39,45)(H,41,46)(H,42,43)/t26-,27-,28+,32-/m0/s1. The lowest BCUT2D eigenvalue weighted by atomic mass is 9.90.